The number of hydrogen-bond donors (Lipinski definition) is 1. The maximum absolute atomic E-state index is 12.0. The molecule has 1 N–H and O–H groups in total. The van der Waals surface area contributed by atoms with Crippen LogP contribution < -0.4 is 5.32 Å². The van der Waals surface area contributed by atoms with Crippen molar-refractivity contribution in [3.05, 3.63) is 63.9 Å². The van der Waals surface area contributed by atoms with E-state index in [0.29, 0.717) is 16.1 Å². The summed E-state index contributed by atoms with van der Waals surface area (Å²) < 4.78 is 0. The predicted molar refractivity (Wildman–Crippen MR) is 70.5 cm³/mol. The summed E-state index contributed by atoms with van der Waals surface area (Å²) in [6.45, 7) is 0. The van der Waals surface area contributed by atoms with Crippen molar-refractivity contribution in [2.75, 3.05) is 0 Å². The number of hydrogen-bond acceptors (Lipinski definition) is 3. The number of thiophene rings is 1. The Labute approximate surface area is 108 Å². The molecule has 0 atom stereocenters. The first-order valence-electron chi connectivity index (χ1n) is 5.46. The van der Waals surface area contributed by atoms with E-state index in [2.05, 4.69) is 5.32 Å². The monoisotopic (exact) mass is 255 g/mol. The van der Waals surface area contributed by atoms with E-state index >= 15 is 0 Å². The van der Waals surface area contributed by atoms with E-state index in [1.807, 2.05) is 29.6 Å². The summed E-state index contributed by atoms with van der Waals surface area (Å²) in [5.74, 6) is -0.243. The molecule has 3 nitrogen and oxygen atoms in total. The number of benzene rings is 1. The predicted octanol–water partition coefficient (Wildman–Crippen LogP) is 2.72. The number of amides is 1. The first-order chi connectivity index (χ1) is 8.75. The Morgan fingerprint density at radius 1 is 1.11 bits per heavy atom. The van der Waals surface area contributed by atoms with E-state index in [0.717, 1.165) is 5.56 Å². The fourth-order valence-electron chi connectivity index (χ4n) is 1.91. The van der Waals surface area contributed by atoms with Gasteiger partial charge in [-0.25, -0.2) is 0 Å². The zero-order valence-electron chi connectivity index (χ0n) is 9.34. The van der Waals surface area contributed by atoms with Crippen LogP contribution in [0.1, 0.15) is 25.6 Å². The second kappa shape index (κ2) is 4.23. The molecule has 18 heavy (non-hydrogen) atoms. The first kappa shape index (κ1) is 10.9. The molecule has 4 heteroatoms. The molecule has 0 fully saturated rings. The van der Waals surface area contributed by atoms with Crippen molar-refractivity contribution in [3.8, 4) is 0 Å². The third-order valence-electron chi connectivity index (χ3n) is 2.75. The summed E-state index contributed by atoms with van der Waals surface area (Å²) in [7, 11) is 0. The molecule has 0 radical (unpaired) electrons. The lowest BCUT2D eigenvalue weighted by Gasteiger charge is -1.98. The van der Waals surface area contributed by atoms with Gasteiger partial charge in [0.2, 0.25) is 0 Å². The molecule has 88 valence electrons. The maximum atomic E-state index is 12.0. The number of nitrogens with one attached hydrogen (secondary N) is 1. The number of fused-ring (bicyclic) bond motifs is 1. The van der Waals surface area contributed by atoms with E-state index < -0.39 is 0 Å². The van der Waals surface area contributed by atoms with Crippen LogP contribution in [0, 0.1) is 0 Å². The van der Waals surface area contributed by atoms with Crippen LogP contribution in [0.4, 0.5) is 0 Å². The standard InChI is InChI=1S/C14H9NO2S/c16-12(13-6-3-7-18-13)8-11-9-4-1-2-5-10(9)14(17)15-11/h1-8H,(H,15,17)/b11-8-. The lowest BCUT2D eigenvalue weighted by molar-refractivity contribution is 0.0981. The van der Waals surface area contributed by atoms with Crippen molar-refractivity contribution >= 4 is 28.7 Å². The molecular formula is C14H9NO2S. The molecule has 2 aromatic rings. The molecule has 1 aliphatic heterocycles. The molecule has 1 aliphatic rings. The molecule has 1 aromatic carbocycles. The van der Waals surface area contributed by atoms with Crippen LogP contribution in [-0.4, -0.2) is 11.7 Å². The fraction of sp³-hybridized carbons (Fsp3) is 0. The smallest absolute Gasteiger partial charge is 0.256 e. The van der Waals surface area contributed by atoms with Crippen molar-refractivity contribution in [2.24, 2.45) is 0 Å². The highest BCUT2D eigenvalue weighted by Crippen LogP contribution is 2.24. The second-order valence-electron chi connectivity index (χ2n) is 3.90. The molecule has 0 bridgehead atoms. The average molecular weight is 255 g/mol. The highest BCUT2D eigenvalue weighted by Gasteiger charge is 2.23. The third-order valence-corrected chi connectivity index (χ3v) is 3.63. The minimum absolute atomic E-state index is 0.0861. The van der Waals surface area contributed by atoms with Crippen LogP contribution in [0.3, 0.4) is 0 Å². The van der Waals surface area contributed by atoms with Crippen molar-refractivity contribution < 1.29 is 9.59 Å². The summed E-state index contributed by atoms with van der Waals surface area (Å²) in [6, 6.07) is 10.8. The van der Waals surface area contributed by atoms with Crippen molar-refractivity contribution in [2.45, 2.75) is 0 Å². The Kier molecular flexibility index (Phi) is 2.57. The number of carbonyl (C=O) groups is 2. The number of carbonyl (C=O) groups excluding carboxylic acids is 2. The maximum Gasteiger partial charge on any atom is 0.256 e. The van der Waals surface area contributed by atoms with Gasteiger partial charge in [-0.1, -0.05) is 24.3 Å². The van der Waals surface area contributed by atoms with Gasteiger partial charge >= 0.3 is 0 Å². The van der Waals surface area contributed by atoms with Crippen molar-refractivity contribution in [1.29, 1.82) is 0 Å². The molecule has 0 saturated carbocycles. The highest BCUT2D eigenvalue weighted by atomic mass is 32.1. The zero-order valence-corrected chi connectivity index (χ0v) is 10.2. The van der Waals surface area contributed by atoms with Gasteiger partial charge in [0.1, 0.15) is 0 Å². The quantitative estimate of drug-likeness (QED) is 0.662. The summed E-state index contributed by atoms with van der Waals surface area (Å²) >= 11 is 1.39. The topological polar surface area (TPSA) is 46.2 Å². The zero-order chi connectivity index (χ0) is 12.5. The summed E-state index contributed by atoms with van der Waals surface area (Å²) in [4.78, 5) is 24.3. The van der Waals surface area contributed by atoms with Crippen molar-refractivity contribution in [1.82, 2.24) is 5.32 Å². The van der Waals surface area contributed by atoms with Crippen LogP contribution in [0.25, 0.3) is 5.70 Å². The van der Waals surface area contributed by atoms with Gasteiger partial charge in [0.25, 0.3) is 5.91 Å². The van der Waals surface area contributed by atoms with Crippen LogP contribution in [0.2, 0.25) is 0 Å². The minimum Gasteiger partial charge on any atom is -0.321 e. The van der Waals surface area contributed by atoms with Crippen LogP contribution in [0.15, 0.2) is 47.9 Å². The van der Waals surface area contributed by atoms with Crippen LogP contribution in [0.5, 0.6) is 0 Å². The SMILES string of the molecule is O=C(/C=C1\NC(=O)c2ccccc21)c1cccs1. The van der Waals surface area contributed by atoms with Gasteiger partial charge in [0, 0.05) is 17.2 Å². The first-order valence-corrected chi connectivity index (χ1v) is 6.34. The second-order valence-corrected chi connectivity index (χ2v) is 4.85. The molecule has 0 unspecified atom stereocenters. The molecule has 0 saturated heterocycles. The highest BCUT2D eigenvalue weighted by molar-refractivity contribution is 7.12. The van der Waals surface area contributed by atoms with E-state index in [1.54, 1.807) is 12.1 Å². The molecule has 2 heterocycles. The van der Waals surface area contributed by atoms with Gasteiger partial charge in [0.15, 0.2) is 5.78 Å². The lowest BCUT2D eigenvalue weighted by Crippen LogP contribution is -2.13. The number of allylic oxidation sites excluding steroid dienone is 1. The number of ketones is 1. The summed E-state index contributed by atoms with van der Waals surface area (Å²) in [6.07, 6.45) is 1.48. The molecule has 0 aliphatic carbocycles. The van der Waals surface area contributed by atoms with Gasteiger partial charge in [-0.3, -0.25) is 9.59 Å². The molecule has 1 aromatic heterocycles. The molecule has 3 rings (SSSR count). The van der Waals surface area contributed by atoms with Crippen LogP contribution >= 0.6 is 11.3 Å². The lowest BCUT2D eigenvalue weighted by atomic mass is 10.1. The summed E-state index contributed by atoms with van der Waals surface area (Å²) in [5.41, 5.74) is 1.98. The van der Waals surface area contributed by atoms with Gasteiger partial charge in [-0.05, 0) is 17.5 Å². The van der Waals surface area contributed by atoms with E-state index in [4.69, 9.17) is 0 Å². The van der Waals surface area contributed by atoms with Gasteiger partial charge in [0.05, 0.1) is 10.6 Å². The van der Waals surface area contributed by atoms with Crippen LogP contribution in [-0.2, 0) is 0 Å². The Balaban J connectivity index is 2.00. The Morgan fingerprint density at radius 2 is 1.89 bits per heavy atom. The Bertz CT molecular complexity index is 656. The van der Waals surface area contributed by atoms with E-state index in [-0.39, 0.29) is 11.7 Å². The van der Waals surface area contributed by atoms with E-state index in [9.17, 15) is 9.59 Å². The molecular weight excluding hydrogens is 246 g/mol. The van der Waals surface area contributed by atoms with Crippen molar-refractivity contribution in [3.63, 3.8) is 0 Å². The average Bonchev–Trinajstić information content (AvgIpc) is 3.00. The van der Waals surface area contributed by atoms with E-state index in [1.165, 1.54) is 17.4 Å². The van der Waals surface area contributed by atoms with Gasteiger partial charge in [-0.2, -0.15) is 0 Å². The van der Waals surface area contributed by atoms with Gasteiger partial charge in [-0.15, -0.1) is 11.3 Å². The normalized spacial score (nSPS) is 15.6. The Morgan fingerprint density at radius 3 is 2.61 bits per heavy atom. The molecule has 1 amide bonds. The third kappa shape index (κ3) is 1.76. The fourth-order valence-corrected chi connectivity index (χ4v) is 2.54. The summed E-state index contributed by atoms with van der Waals surface area (Å²) in [5, 5.41) is 4.57. The largest absolute Gasteiger partial charge is 0.321 e. The van der Waals surface area contributed by atoms with Gasteiger partial charge < -0.3 is 5.32 Å². The Hall–Kier alpha value is -2.20. The minimum atomic E-state index is -0.157. The molecule has 0 spiro atoms. The number of rotatable bonds is 2.